The smallest absolute Gasteiger partial charge is 0.251 e. The first kappa shape index (κ1) is 14.0. The van der Waals surface area contributed by atoms with Crippen molar-refractivity contribution in [2.75, 3.05) is 13.7 Å². The first-order valence-corrected chi connectivity index (χ1v) is 6.17. The molecule has 0 aromatic heterocycles. The molecule has 1 amide bonds. The molecule has 0 heterocycles. The topological polar surface area (TPSA) is 58.6 Å². The Morgan fingerprint density at radius 2 is 2.29 bits per heavy atom. The fourth-order valence-electron chi connectivity index (χ4n) is 1.35. The maximum absolute atomic E-state index is 11.8. The van der Waals surface area contributed by atoms with Gasteiger partial charge in [-0.1, -0.05) is 6.92 Å². The molecule has 2 N–H and O–H groups in total. The van der Waals surface area contributed by atoms with E-state index in [0.29, 0.717) is 17.7 Å². The summed E-state index contributed by atoms with van der Waals surface area (Å²) in [4.78, 5) is 11.8. The highest BCUT2D eigenvalue weighted by Gasteiger charge is 2.12. The van der Waals surface area contributed by atoms with Gasteiger partial charge in [-0.05, 0) is 40.5 Å². The Balaban J connectivity index is 2.79. The Bertz CT molecular complexity index is 391. The predicted octanol–water partition coefficient (Wildman–Crippen LogP) is 1.96. The van der Waals surface area contributed by atoms with Crippen molar-refractivity contribution < 1.29 is 14.6 Å². The summed E-state index contributed by atoms with van der Waals surface area (Å²) in [6, 6.07) is 4.89. The monoisotopic (exact) mass is 301 g/mol. The number of methoxy groups -OCH3 is 1. The molecule has 0 unspecified atom stereocenters. The summed E-state index contributed by atoms with van der Waals surface area (Å²) in [5, 5.41) is 11.8. The molecule has 0 saturated carbocycles. The number of hydrogen-bond acceptors (Lipinski definition) is 3. The maximum atomic E-state index is 11.8. The van der Waals surface area contributed by atoms with Crippen LogP contribution in [0.3, 0.4) is 0 Å². The molecule has 5 heteroatoms. The Morgan fingerprint density at radius 1 is 1.59 bits per heavy atom. The summed E-state index contributed by atoms with van der Waals surface area (Å²) >= 11 is 3.32. The number of halogens is 1. The molecular formula is C12H16BrNO3. The highest BCUT2D eigenvalue weighted by Crippen LogP contribution is 2.25. The summed E-state index contributed by atoms with van der Waals surface area (Å²) in [6.07, 6.45) is 0.694. The van der Waals surface area contributed by atoms with E-state index in [1.54, 1.807) is 25.3 Å². The minimum absolute atomic E-state index is 0.0560. The number of nitrogens with one attached hydrogen (secondary N) is 1. The molecule has 1 rings (SSSR count). The van der Waals surface area contributed by atoms with Gasteiger partial charge in [-0.25, -0.2) is 0 Å². The second-order valence-corrected chi connectivity index (χ2v) is 4.46. The van der Waals surface area contributed by atoms with Crippen molar-refractivity contribution in [1.29, 1.82) is 0 Å². The molecule has 0 aliphatic rings. The molecule has 1 aromatic rings. The van der Waals surface area contributed by atoms with Crippen LogP contribution in [-0.2, 0) is 0 Å². The zero-order chi connectivity index (χ0) is 12.8. The van der Waals surface area contributed by atoms with Gasteiger partial charge in [0.25, 0.3) is 5.91 Å². The predicted molar refractivity (Wildman–Crippen MR) is 69.3 cm³/mol. The van der Waals surface area contributed by atoms with Gasteiger partial charge < -0.3 is 15.2 Å². The van der Waals surface area contributed by atoms with Crippen molar-refractivity contribution in [3.8, 4) is 5.75 Å². The summed E-state index contributed by atoms with van der Waals surface area (Å²) in [5.74, 6) is 0.477. The van der Waals surface area contributed by atoms with Crippen molar-refractivity contribution in [1.82, 2.24) is 5.32 Å². The zero-order valence-corrected chi connectivity index (χ0v) is 11.5. The zero-order valence-electron chi connectivity index (χ0n) is 9.87. The lowest BCUT2D eigenvalue weighted by molar-refractivity contribution is 0.0915. The van der Waals surface area contributed by atoms with Gasteiger partial charge in [0.1, 0.15) is 5.75 Å². The molecule has 4 nitrogen and oxygen atoms in total. The lowest BCUT2D eigenvalue weighted by Gasteiger charge is -2.14. The first-order valence-electron chi connectivity index (χ1n) is 5.37. The largest absolute Gasteiger partial charge is 0.496 e. The van der Waals surface area contributed by atoms with E-state index in [0.717, 1.165) is 4.47 Å². The molecule has 1 aromatic carbocycles. The number of hydrogen-bond donors (Lipinski definition) is 2. The van der Waals surface area contributed by atoms with E-state index in [4.69, 9.17) is 9.84 Å². The molecule has 1 atom stereocenters. The Kier molecular flexibility index (Phi) is 5.44. The molecule has 0 aliphatic heterocycles. The maximum Gasteiger partial charge on any atom is 0.251 e. The SMILES string of the molecule is CC[C@@H](CO)NC(=O)c1ccc(OC)c(Br)c1. The highest BCUT2D eigenvalue weighted by atomic mass is 79.9. The minimum Gasteiger partial charge on any atom is -0.496 e. The number of carbonyl (C=O) groups is 1. The minimum atomic E-state index is -0.205. The lowest BCUT2D eigenvalue weighted by atomic mass is 10.1. The fraction of sp³-hybridized carbons (Fsp3) is 0.417. The van der Waals surface area contributed by atoms with Crippen LogP contribution in [-0.4, -0.2) is 30.8 Å². The first-order chi connectivity index (χ1) is 8.12. The molecule has 0 aliphatic carbocycles. The molecule has 0 bridgehead atoms. The summed E-state index contributed by atoms with van der Waals surface area (Å²) in [6.45, 7) is 1.85. The molecule has 0 radical (unpaired) electrons. The van der Waals surface area contributed by atoms with Crippen LogP contribution in [0.1, 0.15) is 23.7 Å². The quantitative estimate of drug-likeness (QED) is 0.874. The standard InChI is InChI=1S/C12H16BrNO3/c1-3-9(7-15)14-12(16)8-4-5-11(17-2)10(13)6-8/h4-6,9,15H,3,7H2,1-2H3,(H,14,16)/t9-/m0/s1. The number of ether oxygens (including phenoxy) is 1. The van der Waals surface area contributed by atoms with Crippen molar-refractivity contribution in [3.63, 3.8) is 0 Å². The van der Waals surface area contributed by atoms with E-state index in [1.165, 1.54) is 0 Å². The van der Waals surface area contributed by atoms with E-state index in [2.05, 4.69) is 21.2 Å². The van der Waals surface area contributed by atoms with E-state index >= 15 is 0 Å². The van der Waals surface area contributed by atoms with E-state index in [-0.39, 0.29) is 18.6 Å². The Labute approximate surface area is 109 Å². The van der Waals surface area contributed by atoms with E-state index < -0.39 is 0 Å². The van der Waals surface area contributed by atoms with Crippen LogP contribution in [0.2, 0.25) is 0 Å². The third kappa shape index (κ3) is 3.71. The van der Waals surface area contributed by atoms with Crippen LogP contribution >= 0.6 is 15.9 Å². The van der Waals surface area contributed by atoms with Crippen molar-refractivity contribution >= 4 is 21.8 Å². The summed E-state index contributed by atoms with van der Waals surface area (Å²) < 4.78 is 5.81. The second kappa shape index (κ2) is 6.61. The van der Waals surface area contributed by atoms with Gasteiger partial charge in [0.2, 0.25) is 0 Å². The third-order valence-electron chi connectivity index (χ3n) is 2.46. The summed E-state index contributed by atoms with van der Waals surface area (Å²) in [7, 11) is 1.57. The molecule has 17 heavy (non-hydrogen) atoms. The Hall–Kier alpha value is -1.07. The van der Waals surface area contributed by atoms with Gasteiger partial charge in [0, 0.05) is 5.56 Å². The molecular weight excluding hydrogens is 286 g/mol. The van der Waals surface area contributed by atoms with Crippen LogP contribution in [0.4, 0.5) is 0 Å². The number of aliphatic hydroxyl groups is 1. The van der Waals surface area contributed by atoms with Crippen LogP contribution < -0.4 is 10.1 Å². The summed E-state index contributed by atoms with van der Waals surface area (Å²) in [5.41, 5.74) is 0.532. The average Bonchev–Trinajstić information content (AvgIpc) is 2.35. The highest BCUT2D eigenvalue weighted by molar-refractivity contribution is 9.10. The average molecular weight is 302 g/mol. The number of amides is 1. The number of carbonyl (C=O) groups excluding carboxylic acids is 1. The number of aliphatic hydroxyl groups excluding tert-OH is 1. The van der Waals surface area contributed by atoms with Gasteiger partial charge in [-0.15, -0.1) is 0 Å². The van der Waals surface area contributed by atoms with E-state index in [1.807, 2.05) is 6.92 Å². The third-order valence-corrected chi connectivity index (χ3v) is 3.08. The molecule has 0 spiro atoms. The van der Waals surface area contributed by atoms with Gasteiger partial charge in [0.15, 0.2) is 0 Å². The number of benzene rings is 1. The number of rotatable bonds is 5. The van der Waals surface area contributed by atoms with Gasteiger partial charge >= 0.3 is 0 Å². The van der Waals surface area contributed by atoms with Crippen LogP contribution in [0, 0.1) is 0 Å². The van der Waals surface area contributed by atoms with Gasteiger partial charge in [-0.3, -0.25) is 4.79 Å². The normalized spacial score (nSPS) is 12.0. The van der Waals surface area contributed by atoms with E-state index in [9.17, 15) is 4.79 Å². The van der Waals surface area contributed by atoms with Gasteiger partial charge in [-0.2, -0.15) is 0 Å². The van der Waals surface area contributed by atoms with Crippen molar-refractivity contribution in [2.45, 2.75) is 19.4 Å². The van der Waals surface area contributed by atoms with Crippen LogP contribution in [0.25, 0.3) is 0 Å². The van der Waals surface area contributed by atoms with Crippen molar-refractivity contribution in [3.05, 3.63) is 28.2 Å². The van der Waals surface area contributed by atoms with Gasteiger partial charge in [0.05, 0.1) is 24.2 Å². The fourth-order valence-corrected chi connectivity index (χ4v) is 1.89. The molecule has 0 saturated heterocycles. The Morgan fingerprint density at radius 3 is 2.76 bits per heavy atom. The van der Waals surface area contributed by atoms with Crippen LogP contribution in [0.15, 0.2) is 22.7 Å². The second-order valence-electron chi connectivity index (χ2n) is 3.61. The lowest BCUT2D eigenvalue weighted by Crippen LogP contribution is -2.36. The molecule has 94 valence electrons. The molecule has 0 fully saturated rings. The van der Waals surface area contributed by atoms with Crippen LogP contribution in [0.5, 0.6) is 5.75 Å². The van der Waals surface area contributed by atoms with Crippen molar-refractivity contribution in [2.24, 2.45) is 0 Å².